The molecule has 4 heteroatoms. The van der Waals surface area contributed by atoms with Gasteiger partial charge < -0.3 is 9.74 Å². The van der Waals surface area contributed by atoms with E-state index >= 15 is 0 Å². The Kier molecular flexibility index (Phi) is 8.59. The normalized spacial score (nSPS) is 12.6. The van der Waals surface area contributed by atoms with E-state index in [2.05, 4.69) is 69.2 Å². The van der Waals surface area contributed by atoms with Crippen LogP contribution in [0.2, 0.25) is 0 Å². The molecule has 1 rings (SSSR count). The summed E-state index contributed by atoms with van der Waals surface area (Å²) in [6, 6.07) is 9.09. The van der Waals surface area contributed by atoms with Crippen molar-refractivity contribution in [2.24, 2.45) is 0 Å². The monoisotopic (exact) mass is 269 g/mol. The topological polar surface area (TPSA) is 41.5 Å². The first-order valence-electron chi connectivity index (χ1n) is 6.56. The van der Waals surface area contributed by atoms with Crippen molar-refractivity contribution in [3.05, 3.63) is 35.4 Å². The van der Waals surface area contributed by atoms with Gasteiger partial charge in [0.25, 0.3) is 0 Å². The largest absolute Gasteiger partial charge is 0.692 e. The summed E-state index contributed by atoms with van der Waals surface area (Å²) in [5.41, 5.74) is 2.89. The zero-order valence-electron chi connectivity index (χ0n) is 13.0. The number of quaternary nitrogens is 1. The van der Waals surface area contributed by atoms with Gasteiger partial charge in [-0.15, -0.1) is 0 Å². The summed E-state index contributed by atoms with van der Waals surface area (Å²) in [4.78, 5) is 3.49. The summed E-state index contributed by atoms with van der Waals surface area (Å²) in [5.74, 6) is 0.683. The summed E-state index contributed by atoms with van der Waals surface area (Å²) < 4.78 is 0.989. The zero-order chi connectivity index (χ0) is 14.9. The van der Waals surface area contributed by atoms with Crippen molar-refractivity contribution in [2.45, 2.75) is 32.7 Å². The predicted molar refractivity (Wildman–Crippen MR) is 75.0 cm³/mol. The van der Waals surface area contributed by atoms with E-state index in [9.17, 15) is 0 Å². The molecule has 0 saturated carbocycles. The molecule has 0 aliphatic carbocycles. The molecule has 0 saturated heterocycles. The molecule has 1 atom stereocenters. The van der Waals surface area contributed by atoms with Crippen LogP contribution in [0.1, 0.15) is 37.3 Å². The summed E-state index contributed by atoms with van der Waals surface area (Å²) >= 11 is 0. The Labute approximate surface area is 117 Å². The maximum absolute atomic E-state index is 8.58. The van der Waals surface area contributed by atoms with Gasteiger partial charge in [0, 0.05) is 5.56 Å². The van der Waals surface area contributed by atoms with Crippen LogP contribution in [0.4, 0.5) is 0 Å². The van der Waals surface area contributed by atoms with Gasteiger partial charge in [-0.2, -0.15) is 0 Å². The Balaban J connectivity index is 0.000000711. The van der Waals surface area contributed by atoms with E-state index in [1.54, 1.807) is 0 Å². The lowest BCUT2D eigenvalue weighted by Gasteiger charge is -2.24. The molecule has 1 unspecified atom stereocenters. The second-order valence-corrected chi connectivity index (χ2v) is 5.73. The van der Waals surface area contributed by atoms with Crippen LogP contribution in [0.15, 0.2) is 24.3 Å². The van der Waals surface area contributed by atoms with Crippen molar-refractivity contribution in [3.63, 3.8) is 0 Å². The number of benzene rings is 1. The maximum Gasteiger partial charge on any atom is 0.104 e. The molecular weight excluding hydrogens is 242 g/mol. The second kappa shape index (κ2) is 9.04. The van der Waals surface area contributed by atoms with Crippen LogP contribution in [0.3, 0.4) is 0 Å². The number of nitrogens with zero attached hydrogens (tertiary/aromatic N) is 1. The molecule has 0 aromatic heterocycles. The van der Waals surface area contributed by atoms with Crippen molar-refractivity contribution in [1.82, 2.24) is 0 Å². The van der Waals surface area contributed by atoms with Crippen LogP contribution in [-0.2, 0) is 16.5 Å². The zero-order valence-corrected chi connectivity index (χ0v) is 13.0. The van der Waals surface area contributed by atoms with Crippen molar-refractivity contribution in [1.29, 1.82) is 0 Å². The molecule has 110 valence electrons. The average Bonchev–Trinajstić information content (AvgIpc) is 2.37. The minimum Gasteiger partial charge on any atom is -0.692 e. The Hall–Kier alpha value is -0.940. The maximum atomic E-state index is 8.58. The Morgan fingerprint density at radius 1 is 1.16 bits per heavy atom. The van der Waals surface area contributed by atoms with E-state index in [0.29, 0.717) is 5.92 Å². The van der Waals surface area contributed by atoms with Gasteiger partial charge in [-0.1, -0.05) is 38.1 Å². The van der Waals surface area contributed by atoms with E-state index in [1.165, 1.54) is 17.5 Å². The molecule has 1 aromatic rings. The molecule has 0 heterocycles. The molecule has 0 radical (unpaired) electrons. The smallest absolute Gasteiger partial charge is 0.104 e. The van der Waals surface area contributed by atoms with E-state index in [-0.39, 0.29) is 0 Å². The summed E-state index contributed by atoms with van der Waals surface area (Å²) in [6.07, 6.45) is 1.22. The van der Waals surface area contributed by atoms with Crippen molar-refractivity contribution >= 4 is 0 Å². The van der Waals surface area contributed by atoms with Crippen molar-refractivity contribution in [3.8, 4) is 0 Å². The summed E-state index contributed by atoms with van der Waals surface area (Å²) in [6.45, 7) is 5.63. The third-order valence-corrected chi connectivity index (χ3v) is 2.89. The lowest BCUT2D eigenvalue weighted by molar-refractivity contribution is -0.884. The average molecular weight is 269 g/mol. The quantitative estimate of drug-likeness (QED) is 0.468. The number of hydrogen-bond donors (Lipinski definition) is 0. The van der Waals surface area contributed by atoms with Crippen molar-refractivity contribution < 1.29 is 19.7 Å². The summed E-state index contributed by atoms with van der Waals surface area (Å²) in [5, 5.41) is 11.4. The van der Waals surface area contributed by atoms with Gasteiger partial charge in [0.15, 0.2) is 0 Å². The van der Waals surface area contributed by atoms with Crippen molar-refractivity contribution in [2.75, 3.05) is 28.3 Å². The highest BCUT2D eigenvalue weighted by atomic mass is 17.5. The van der Waals surface area contributed by atoms with Crippen LogP contribution in [0.25, 0.3) is 0 Å². The van der Waals surface area contributed by atoms with Gasteiger partial charge in [-0.3, -0.25) is 5.04 Å². The fourth-order valence-electron chi connectivity index (χ4n) is 1.74. The van der Waals surface area contributed by atoms with E-state index < -0.39 is 0 Å². The minimum absolute atomic E-state index is 0.683. The third-order valence-electron chi connectivity index (χ3n) is 2.89. The van der Waals surface area contributed by atoms with E-state index in [1.807, 2.05) is 0 Å². The molecule has 0 N–H and O–H groups in total. The first-order chi connectivity index (χ1) is 8.84. The molecule has 19 heavy (non-hydrogen) atoms. The molecule has 0 aliphatic rings. The first-order valence-corrected chi connectivity index (χ1v) is 6.56. The predicted octanol–water partition coefficient (Wildman–Crippen LogP) is 2.25. The van der Waals surface area contributed by atoms with Gasteiger partial charge in [0.2, 0.25) is 0 Å². The van der Waals surface area contributed by atoms with Crippen LogP contribution in [0, 0.1) is 0 Å². The highest BCUT2D eigenvalue weighted by molar-refractivity contribution is 5.24. The van der Waals surface area contributed by atoms with Crippen LogP contribution in [0.5, 0.6) is 0 Å². The van der Waals surface area contributed by atoms with Crippen LogP contribution < -0.4 is 5.26 Å². The Morgan fingerprint density at radius 2 is 1.63 bits per heavy atom. The fraction of sp³-hybridized carbons (Fsp3) is 0.600. The lowest BCUT2D eigenvalue weighted by Crippen LogP contribution is -2.33. The third kappa shape index (κ3) is 8.72. The molecular formula is C15H27NO3. The lowest BCUT2D eigenvalue weighted by atomic mass is 9.97. The number of hydrogen-bond acceptors (Lipinski definition) is 3. The van der Waals surface area contributed by atoms with Gasteiger partial charge in [0.05, 0.1) is 28.3 Å². The number of rotatable bonds is 5. The van der Waals surface area contributed by atoms with Gasteiger partial charge in [0.1, 0.15) is 6.54 Å². The highest BCUT2D eigenvalue weighted by Gasteiger charge is 2.09. The van der Waals surface area contributed by atoms with Gasteiger partial charge in [-0.05, 0) is 17.9 Å². The SMILES string of the molecule is CCC(C)c1ccc(C[N+](C)(C)C)cc1.COO[O-]. The van der Waals surface area contributed by atoms with E-state index in [0.717, 1.165) is 18.1 Å². The fourth-order valence-corrected chi connectivity index (χ4v) is 1.74. The second-order valence-electron chi connectivity index (χ2n) is 5.73. The molecule has 1 aromatic carbocycles. The minimum atomic E-state index is 0.683. The standard InChI is InChI=1S/C14H24N.CH4O3/c1-6-12(2)14-9-7-13(8-10-14)11-15(3,4)5;1-3-4-2/h7-10,12H,6,11H2,1-5H3;2H,1H3/q+1;/p-1. The van der Waals surface area contributed by atoms with Gasteiger partial charge >= 0.3 is 0 Å². The van der Waals surface area contributed by atoms with Crippen LogP contribution in [-0.4, -0.2) is 32.7 Å². The molecule has 0 amide bonds. The summed E-state index contributed by atoms with van der Waals surface area (Å²) in [7, 11) is 7.82. The Morgan fingerprint density at radius 3 is 1.95 bits per heavy atom. The Bertz CT molecular complexity index is 328. The molecule has 0 bridgehead atoms. The molecule has 0 aliphatic heterocycles. The van der Waals surface area contributed by atoms with Crippen LogP contribution >= 0.6 is 0 Å². The molecule has 4 nitrogen and oxygen atoms in total. The van der Waals surface area contributed by atoms with Gasteiger partial charge in [-0.25, -0.2) is 4.89 Å². The highest BCUT2D eigenvalue weighted by Crippen LogP contribution is 2.19. The van der Waals surface area contributed by atoms with E-state index in [4.69, 9.17) is 5.26 Å². The molecule has 0 spiro atoms. The molecule has 0 fully saturated rings. The first kappa shape index (κ1) is 18.1.